The van der Waals surface area contributed by atoms with E-state index in [9.17, 15) is 13.2 Å². The van der Waals surface area contributed by atoms with Crippen LogP contribution in [-0.4, -0.2) is 13.1 Å². The Kier molecular flexibility index (Phi) is 2.29. The predicted molar refractivity (Wildman–Crippen MR) is 47.2 cm³/mol. The molecule has 1 aromatic carbocycles. The minimum atomic E-state index is -1.15. The average Bonchev–Trinajstić information content (AvgIpc) is 2.64. The third-order valence-corrected chi connectivity index (χ3v) is 2.16. The number of halogens is 3. The fraction of sp³-hybridized carbons (Fsp3) is 0.200. The number of hydrogen-bond acceptors (Lipinski definition) is 1. The van der Waals surface area contributed by atoms with Gasteiger partial charge in [0.1, 0.15) is 5.82 Å². The summed E-state index contributed by atoms with van der Waals surface area (Å²) < 4.78 is 38.6. The quantitative estimate of drug-likeness (QED) is 0.683. The first-order chi connectivity index (χ1) is 6.68. The highest BCUT2D eigenvalue weighted by Crippen LogP contribution is 2.22. The van der Waals surface area contributed by atoms with E-state index in [0.717, 1.165) is 6.07 Å². The fourth-order valence-electron chi connectivity index (χ4n) is 1.45. The van der Waals surface area contributed by atoms with Gasteiger partial charge in [-0.3, -0.25) is 0 Å². The van der Waals surface area contributed by atoms with Crippen LogP contribution in [0, 0.1) is 17.5 Å². The van der Waals surface area contributed by atoms with Crippen molar-refractivity contribution in [3.8, 4) is 0 Å². The van der Waals surface area contributed by atoms with Crippen molar-refractivity contribution < 1.29 is 13.2 Å². The maximum absolute atomic E-state index is 13.2. The number of nitrogens with one attached hydrogen (secondary N) is 1. The molecule has 0 aliphatic carbocycles. The van der Waals surface area contributed by atoms with E-state index in [1.54, 1.807) is 6.08 Å². The molecule has 14 heavy (non-hydrogen) atoms. The molecule has 0 saturated carbocycles. The van der Waals surface area contributed by atoms with Crippen molar-refractivity contribution in [3.05, 3.63) is 41.2 Å². The second kappa shape index (κ2) is 3.46. The van der Waals surface area contributed by atoms with Crippen molar-refractivity contribution in [3.63, 3.8) is 0 Å². The summed E-state index contributed by atoms with van der Waals surface area (Å²) in [4.78, 5) is 0. The SMILES string of the molecule is Fc1cc(F)c(C2=CCNC2)cc1F. The van der Waals surface area contributed by atoms with E-state index in [4.69, 9.17) is 0 Å². The van der Waals surface area contributed by atoms with Gasteiger partial charge >= 0.3 is 0 Å². The van der Waals surface area contributed by atoms with Crippen LogP contribution in [0.25, 0.3) is 5.57 Å². The minimum Gasteiger partial charge on any atom is -0.309 e. The zero-order valence-electron chi connectivity index (χ0n) is 7.28. The molecule has 74 valence electrons. The van der Waals surface area contributed by atoms with Gasteiger partial charge in [0.25, 0.3) is 0 Å². The van der Waals surface area contributed by atoms with Gasteiger partial charge in [-0.1, -0.05) is 6.08 Å². The van der Waals surface area contributed by atoms with E-state index in [1.165, 1.54) is 0 Å². The summed E-state index contributed by atoms with van der Waals surface area (Å²) >= 11 is 0. The van der Waals surface area contributed by atoms with Crippen molar-refractivity contribution >= 4 is 5.57 Å². The Labute approximate surface area is 79.2 Å². The largest absolute Gasteiger partial charge is 0.309 e. The third kappa shape index (κ3) is 1.53. The van der Waals surface area contributed by atoms with Crippen LogP contribution >= 0.6 is 0 Å². The summed E-state index contributed by atoms with van der Waals surface area (Å²) in [6, 6.07) is 1.47. The van der Waals surface area contributed by atoms with Gasteiger partial charge in [0.15, 0.2) is 11.6 Å². The maximum atomic E-state index is 13.2. The topological polar surface area (TPSA) is 12.0 Å². The zero-order valence-corrected chi connectivity index (χ0v) is 7.28. The maximum Gasteiger partial charge on any atom is 0.161 e. The molecule has 0 bridgehead atoms. The van der Waals surface area contributed by atoms with Crippen molar-refractivity contribution in [2.24, 2.45) is 0 Å². The van der Waals surface area contributed by atoms with Crippen molar-refractivity contribution in [2.45, 2.75) is 0 Å². The Bertz CT molecular complexity index is 399. The molecule has 2 rings (SSSR count). The van der Waals surface area contributed by atoms with E-state index < -0.39 is 17.5 Å². The van der Waals surface area contributed by atoms with Crippen LogP contribution in [0.1, 0.15) is 5.56 Å². The molecule has 0 fully saturated rings. The molecule has 1 nitrogen and oxygen atoms in total. The molecule has 1 aromatic rings. The van der Waals surface area contributed by atoms with Gasteiger partial charge in [0, 0.05) is 24.7 Å². The number of hydrogen-bond donors (Lipinski definition) is 1. The molecule has 0 atom stereocenters. The van der Waals surface area contributed by atoms with Crippen LogP contribution in [0.5, 0.6) is 0 Å². The molecule has 0 unspecified atom stereocenters. The van der Waals surface area contributed by atoms with E-state index in [0.29, 0.717) is 24.7 Å². The predicted octanol–water partition coefficient (Wildman–Crippen LogP) is 2.09. The molecule has 1 aliphatic heterocycles. The summed E-state index contributed by atoms with van der Waals surface area (Å²) in [6.07, 6.45) is 1.76. The van der Waals surface area contributed by atoms with Gasteiger partial charge in [-0.05, 0) is 11.6 Å². The Hall–Kier alpha value is -1.29. The molecule has 1 aliphatic rings. The van der Waals surface area contributed by atoms with Crippen LogP contribution in [0.2, 0.25) is 0 Å². The Balaban J connectivity index is 2.47. The highest BCUT2D eigenvalue weighted by molar-refractivity contribution is 5.69. The highest BCUT2D eigenvalue weighted by Gasteiger charge is 2.14. The summed E-state index contributed by atoms with van der Waals surface area (Å²) in [5.41, 5.74) is 0.801. The lowest BCUT2D eigenvalue weighted by molar-refractivity contribution is 0.493. The monoisotopic (exact) mass is 199 g/mol. The van der Waals surface area contributed by atoms with Crippen molar-refractivity contribution in [1.29, 1.82) is 0 Å². The van der Waals surface area contributed by atoms with E-state index in [2.05, 4.69) is 5.32 Å². The zero-order chi connectivity index (χ0) is 10.1. The Morgan fingerprint density at radius 1 is 1.00 bits per heavy atom. The molecular weight excluding hydrogens is 191 g/mol. The normalized spacial score (nSPS) is 15.8. The molecule has 0 spiro atoms. The number of rotatable bonds is 1. The fourth-order valence-corrected chi connectivity index (χ4v) is 1.45. The van der Waals surface area contributed by atoms with Crippen LogP contribution in [0.4, 0.5) is 13.2 Å². The van der Waals surface area contributed by atoms with E-state index in [1.807, 2.05) is 0 Å². The molecule has 1 N–H and O–H groups in total. The van der Waals surface area contributed by atoms with Crippen LogP contribution in [-0.2, 0) is 0 Å². The Morgan fingerprint density at radius 3 is 2.36 bits per heavy atom. The van der Waals surface area contributed by atoms with Crippen molar-refractivity contribution in [1.82, 2.24) is 5.32 Å². The van der Waals surface area contributed by atoms with Gasteiger partial charge < -0.3 is 5.32 Å². The lowest BCUT2D eigenvalue weighted by atomic mass is 10.1. The first kappa shape index (κ1) is 9.27. The molecule has 0 radical (unpaired) electrons. The first-order valence-electron chi connectivity index (χ1n) is 4.23. The molecule has 1 heterocycles. The molecule has 0 aromatic heterocycles. The van der Waals surface area contributed by atoms with E-state index in [-0.39, 0.29) is 5.56 Å². The minimum absolute atomic E-state index is 0.133. The molecule has 4 heteroatoms. The number of benzene rings is 1. The summed E-state index contributed by atoms with van der Waals surface area (Å²) in [7, 11) is 0. The Morgan fingerprint density at radius 2 is 1.71 bits per heavy atom. The van der Waals surface area contributed by atoms with Gasteiger partial charge in [-0.15, -0.1) is 0 Å². The van der Waals surface area contributed by atoms with Gasteiger partial charge in [-0.25, -0.2) is 13.2 Å². The van der Waals surface area contributed by atoms with Crippen LogP contribution in [0.15, 0.2) is 18.2 Å². The highest BCUT2D eigenvalue weighted by atomic mass is 19.2. The van der Waals surface area contributed by atoms with Crippen molar-refractivity contribution in [2.75, 3.05) is 13.1 Å². The summed E-state index contributed by atoms with van der Waals surface area (Å²) in [5.74, 6) is -2.90. The first-order valence-corrected chi connectivity index (χ1v) is 4.23. The van der Waals surface area contributed by atoms with Crippen LogP contribution < -0.4 is 5.32 Å². The van der Waals surface area contributed by atoms with Gasteiger partial charge in [0.2, 0.25) is 0 Å². The molecular formula is C10H8F3N. The smallest absolute Gasteiger partial charge is 0.161 e. The molecule has 0 amide bonds. The standard InChI is InChI=1S/C10H8F3N/c11-8-4-10(13)9(12)3-7(8)6-1-2-14-5-6/h1,3-4,14H,2,5H2. The second-order valence-electron chi connectivity index (χ2n) is 3.11. The lowest BCUT2D eigenvalue weighted by Gasteiger charge is -2.04. The molecule has 0 saturated heterocycles. The lowest BCUT2D eigenvalue weighted by Crippen LogP contribution is -2.08. The second-order valence-corrected chi connectivity index (χ2v) is 3.11. The average molecular weight is 199 g/mol. The summed E-state index contributed by atoms with van der Waals surface area (Å²) in [5, 5.41) is 2.96. The van der Waals surface area contributed by atoms with Gasteiger partial charge in [0.05, 0.1) is 0 Å². The van der Waals surface area contributed by atoms with E-state index >= 15 is 0 Å². The van der Waals surface area contributed by atoms with Gasteiger partial charge in [-0.2, -0.15) is 0 Å². The third-order valence-electron chi connectivity index (χ3n) is 2.16. The summed E-state index contributed by atoms with van der Waals surface area (Å²) in [6.45, 7) is 1.12. The van der Waals surface area contributed by atoms with Crippen LogP contribution in [0.3, 0.4) is 0 Å².